The van der Waals surface area contributed by atoms with Gasteiger partial charge in [-0.05, 0) is 75.5 Å². The summed E-state index contributed by atoms with van der Waals surface area (Å²) >= 11 is 3.56. The normalized spacial score (nSPS) is 23.5. The van der Waals surface area contributed by atoms with Crippen molar-refractivity contribution in [3.63, 3.8) is 0 Å². The Labute approximate surface area is 179 Å². The predicted molar refractivity (Wildman–Crippen MR) is 116 cm³/mol. The molecular weight excluding hydrogens is 435 g/mol. The highest BCUT2D eigenvalue weighted by molar-refractivity contribution is 9.10. The summed E-state index contributed by atoms with van der Waals surface area (Å²) in [6.07, 6.45) is 1.43. The van der Waals surface area contributed by atoms with E-state index in [1.165, 1.54) is 12.1 Å². The molecule has 2 heterocycles. The summed E-state index contributed by atoms with van der Waals surface area (Å²) < 4.78 is 20.0. The van der Waals surface area contributed by atoms with Gasteiger partial charge in [-0.25, -0.2) is 9.18 Å². The number of ether oxygens (including phenoxy) is 1. The summed E-state index contributed by atoms with van der Waals surface area (Å²) in [5.74, 6) is -0.226. The molecule has 154 valence electrons. The first-order valence-electron chi connectivity index (χ1n) is 9.96. The van der Waals surface area contributed by atoms with Gasteiger partial charge in [-0.2, -0.15) is 0 Å². The monoisotopic (exact) mass is 460 g/mol. The Balaban J connectivity index is 1.77. The fourth-order valence-electron chi connectivity index (χ4n) is 4.59. The number of halogens is 2. The number of carbonyl (C=O) groups excluding carboxylic acids is 1. The Kier molecular flexibility index (Phi) is 5.20. The SMILES string of the molecule is CC(C)(C)OC(=O)N1CC2NCCC2(Cc2ccc(F)cc2)c2ccc(Br)cc21. The molecule has 6 heteroatoms. The van der Waals surface area contributed by atoms with Crippen molar-refractivity contribution in [3.05, 3.63) is 63.9 Å². The van der Waals surface area contributed by atoms with Crippen molar-refractivity contribution in [2.75, 3.05) is 18.0 Å². The van der Waals surface area contributed by atoms with E-state index in [4.69, 9.17) is 4.74 Å². The summed E-state index contributed by atoms with van der Waals surface area (Å²) in [4.78, 5) is 14.7. The largest absolute Gasteiger partial charge is 0.443 e. The van der Waals surface area contributed by atoms with E-state index in [-0.39, 0.29) is 23.4 Å². The molecule has 2 unspecified atom stereocenters. The molecule has 1 fully saturated rings. The van der Waals surface area contributed by atoms with E-state index in [0.29, 0.717) is 6.54 Å². The van der Waals surface area contributed by atoms with Crippen LogP contribution >= 0.6 is 15.9 Å². The van der Waals surface area contributed by atoms with E-state index in [2.05, 4.69) is 27.3 Å². The lowest BCUT2D eigenvalue weighted by Crippen LogP contribution is -2.56. The topological polar surface area (TPSA) is 41.6 Å². The molecule has 0 bridgehead atoms. The Morgan fingerprint density at radius 2 is 2.00 bits per heavy atom. The van der Waals surface area contributed by atoms with Crippen LogP contribution in [-0.4, -0.2) is 30.8 Å². The Morgan fingerprint density at radius 1 is 1.28 bits per heavy atom. The van der Waals surface area contributed by atoms with E-state index in [9.17, 15) is 9.18 Å². The first-order chi connectivity index (χ1) is 13.7. The molecule has 1 N–H and O–H groups in total. The van der Waals surface area contributed by atoms with Crippen molar-refractivity contribution in [2.45, 2.75) is 50.7 Å². The van der Waals surface area contributed by atoms with Gasteiger partial charge < -0.3 is 10.1 Å². The second kappa shape index (κ2) is 7.40. The minimum Gasteiger partial charge on any atom is -0.443 e. The highest BCUT2D eigenvalue weighted by Crippen LogP contribution is 2.48. The van der Waals surface area contributed by atoms with Gasteiger partial charge in [0.15, 0.2) is 0 Å². The van der Waals surface area contributed by atoms with Gasteiger partial charge in [0.2, 0.25) is 0 Å². The van der Waals surface area contributed by atoms with Crippen LogP contribution in [0.15, 0.2) is 46.9 Å². The molecule has 4 rings (SSSR count). The number of rotatable bonds is 2. The van der Waals surface area contributed by atoms with Gasteiger partial charge in [-0.3, -0.25) is 4.90 Å². The molecule has 4 nitrogen and oxygen atoms in total. The van der Waals surface area contributed by atoms with Gasteiger partial charge in [-0.15, -0.1) is 0 Å². The Hall–Kier alpha value is -1.92. The number of carbonyl (C=O) groups is 1. The maximum absolute atomic E-state index is 13.4. The number of anilines is 1. The van der Waals surface area contributed by atoms with E-state index in [0.717, 1.165) is 40.7 Å². The lowest BCUT2D eigenvalue weighted by molar-refractivity contribution is 0.0569. The van der Waals surface area contributed by atoms with Crippen LogP contribution in [0, 0.1) is 5.82 Å². The second-order valence-electron chi connectivity index (χ2n) is 8.97. The number of benzene rings is 2. The van der Waals surface area contributed by atoms with Crippen LogP contribution in [0.1, 0.15) is 38.3 Å². The maximum Gasteiger partial charge on any atom is 0.414 e. The quantitative estimate of drug-likeness (QED) is 0.670. The predicted octanol–water partition coefficient (Wildman–Crippen LogP) is 5.19. The number of hydrogen-bond acceptors (Lipinski definition) is 3. The molecule has 2 aliphatic rings. The molecule has 2 aliphatic heterocycles. The molecule has 29 heavy (non-hydrogen) atoms. The number of nitrogens with one attached hydrogen (secondary N) is 1. The van der Waals surface area contributed by atoms with Gasteiger partial charge in [0.25, 0.3) is 0 Å². The molecule has 2 atom stereocenters. The van der Waals surface area contributed by atoms with Gasteiger partial charge in [-0.1, -0.05) is 34.1 Å². The second-order valence-corrected chi connectivity index (χ2v) is 9.88. The zero-order chi connectivity index (χ0) is 20.8. The Morgan fingerprint density at radius 3 is 2.69 bits per heavy atom. The molecule has 2 aromatic rings. The van der Waals surface area contributed by atoms with Gasteiger partial charge in [0.05, 0.1) is 5.69 Å². The van der Waals surface area contributed by atoms with Gasteiger partial charge >= 0.3 is 6.09 Å². The van der Waals surface area contributed by atoms with Crippen LogP contribution in [0.2, 0.25) is 0 Å². The molecule has 1 saturated heterocycles. The van der Waals surface area contributed by atoms with Gasteiger partial charge in [0.1, 0.15) is 11.4 Å². The summed E-state index contributed by atoms with van der Waals surface area (Å²) in [5.41, 5.74) is 2.41. The van der Waals surface area contributed by atoms with Crippen LogP contribution in [0.4, 0.5) is 14.9 Å². The third-order valence-corrected chi connectivity index (χ3v) is 6.32. The summed E-state index contributed by atoms with van der Waals surface area (Å²) in [5, 5.41) is 3.60. The van der Waals surface area contributed by atoms with Crippen molar-refractivity contribution in [1.82, 2.24) is 5.32 Å². The molecule has 0 saturated carbocycles. The highest BCUT2D eigenvalue weighted by Gasteiger charge is 2.50. The van der Waals surface area contributed by atoms with E-state index >= 15 is 0 Å². The van der Waals surface area contributed by atoms with E-state index in [1.807, 2.05) is 45.0 Å². The summed E-state index contributed by atoms with van der Waals surface area (Å²) in [7, 11) is 0. The standard InChI is InChI=1S/C23H26BrFN2O2/c1-22(2,3)29-21(28)27-14-20-23(10-11-26-20,13-15-4-7-17(25)8-5-15)18-9-6-16(24)12-19(18)27/h4-9,12,20,26H,10-11,13-14H2,1-3H3. The van der Waals surface area contributed by atoms with Gasteiger partial charge in [0, 0.05) is 22.5 Å². The van der Waals surface area contributed by atoms with Crippen LogP contribution in [0.3, 0.4) is 0 Å². The molecule has 1 amide bonds. The third kappa shape index (κ3) is 3.92. The van der Waals surface area contributed by atoms with Crippen molar-refractivity contribution in [1.29, 1.82) is 0 Å². The van der Waals surface area contributed by atoms with Crippen molar-refractivity contribution in [3.8, 4) is 0 Å². The lowest BCUT2D eigenvalue weighted by Gasteiger charge is -2.45. The summed E-state index contributed by atoms with van der Waals surface area (Å²) in [6, 6.07) is 13.0. The number of hydrogen-bond donors (Lipinski definition) is 1. The third-order valence-electron chi connectivity index (χ3n) is 5.83. The minimum absolute atomic E-state index is 0.105. The Bertz CT molecular complexity index is 925. The molecule has 2 aromatic carbocycles. The average molecular weight is 461 g/mol. The first-order valence-corrected chi connectivity index (χ1v) is 10.8. The molecule has 0 spiro atoms. The van der Waals surface area contributed by atoms with E-state index in [1.54, 1.807) is 4.90 Å². The molecule has 0 aromatic heterocycles. The van der Waals surface area contributed by atoms with Crippen LogP contribution < -0.4 is 10.2 Å². The number of fused-ring (bicyclic) bond motifs is 3. The fourth-order valence-corrected chi connectivity index (χ4v) is 4.94. The number of amides is 1. The molecule has 0 aliphatic carbocycles. The zero-order valence-corrected chi connectivity index (χ0v) is 18.6. The minimum atomic E-state index is -0.561. The fraction of sp³-hybridized carbons (Fsp3) is 0.435. The van der Waals surface area contributed by atoms with Crippen molar-refractivity contribution >= 4 is 27.7 Å². The average Bonchev–Trinajstić information content (AvgIpc) is 3.04. The van der Waals surface area contributed by atoms with Crippen LogP contribution in [0.25, 0.3) is 0 Å². The smallest absolute Gasteiger partial charge is 0.414 e. The highest BCUT2D eigenvalue weighted by atomic mass is 79.9. The van der Waals surface area contributed by atoms with Crippen molar-refractivity contribution in [2.24, 2.45) is 0 Å². The number of nitrogens with zero attached hydrogens (tertiary/aromatic N) is 1. The lowest BCUT2D eigenvalue weighted by atomic mass is 9.67. The first kappa shape index (κ1) is 20.4. The molecule has 0 radical (unpaired) electrons. The summed E-state index contributed by atoms with van der Waals surface area (Å²) in [6.45, 7) is 7.05. The van der Waals surface area contributed by atoms with Crippen molar-refractivity contribution < 1.29 is 13.9 Å². The van der Waals surface area contributed by atoms with E-state index < -0.39 is 5.60 Å². The maximum atomic E-state index is 13.4. The van der Waals surface area contributed by atoms with Crippen LogP contribution in [0.5, 0.6) is 0 Å². The zero-order valence-electron chi connectivity index (χ0n) is 17.0. The molecular formula is C23H26BrFN2O2. The van der Waals surface area contributed by atoms with Crippen LogP contribution in [-0.2, 0) is 16.6 Å².